The van der Waals surface area contributed by atoms with Crippen molar-refractivity contribution in [3.05, 3.63) is 30.1 Å². The van der Waals surface area contributed by atoms with Crippen molar-refractivity contribution in [1.82, 2.24) is 0 Å². The Bertz CT molecular complexity index is 352. The van der Waals surface area contributed by atoms with Crippen molar-refractivity contribution in [3.8, 4) is 0 Å². The Morgan fingerprint density at radius 3 is 2.88 bits per heavy atom. The molecule has 0 aliphatic heterocycles. The lowest BCUT2D eigenvalue weighted by molar-refractivity contribution is -0.120. The van der Waals surface area contributed by atoms with Crippen LogP contribution < -0.4 is 0 Å². The molecule has 0 N–H and O–H groups in total. The topological polar surface area (TPSA) is 17.1 Å². The van der Waals surface area contributed by atoms with Gasteiger partial charge in [-0.25, -0.2) is 4.39 Å². The molecule has 0 aliphatic rings. The Hall–Kier alpha value is -0.830. The zero-order chi connectivity index (χ0) is 12.0. The first kappa shape index (κ1) is 13.2. The Balaban J connectivity index is 2.42. The first-order valence-electron chi connectivity index (χ1n) is 5.54. The van der Waals surface area contributed by atoms with Gasteiger partial charge in [-0.2, -0.15) is 0 Å². The molecule has 1 aromatic carbocycles. The van der Waals surface area contributed by atoms with Crippen LogP contribution in [0.15, 0.2) is 29.2 Å². The number of hydrogen-bond acceptors (Lipinski definition) is 2. The van der Waals surface area contributed by atoms with Gasteiger partial charge in [-0.15, -0.1) is 11.8 Å². The molecule has 0 amide bonds. The van der Waals surface area contributed by atoms with E-state index in [4.69, 9.17) is 0 Å². The minimum absolute atomic E-state index is 0.117. The first-order valence-corrected chi connectivity index (χ1v) is 6.53. The second-order valence-electron chi connectivity index (χ2n) is 3.90. The van der Waals surface area contributed by atoms with Gasteiger partial charge >= 0.3 is 0 Å². The average Bonchev–Trinajstić information content (AvgIpc) is 2.26. The predicted molar refractivity (Wildman–Crippen MR) is 66.2 cm³/mol. The Kier molecular flexibility index (Phi) is 5.53. The summed E-state index contributed by atoms with van der Waals surface area (Å²) in [6.45, 7) is 4.03. The van der Waals surface area contributed by atoms with E-state index >= 15 is 0 Å². The number of hydrogen-bond donors (Lipinski definition) is 0. The standard InChI is InChI=1S/C13H17FOS/c1-3-5-10(2)13(15)9-16-12-7-4-6-11(14)8-12/h4,6-8,10H,3,5,9H2,1-2H3. The van der Waals surface area contributed by atoms with E-state index < -0.39 is 0 Å². The van der Waals surface area contributed by atoms with Crippen molar-refractivity contribution in [2.24, 2.45) is 5.92 Å². The molecule has 0 radical (unpaired) electrons. The number of Topliss-reactive ketones (excluding diaryl/α,β-unsaturated/α-hetero) is 1. The van der Waals surface area contributed by atoms with Crippen LogP contribution >= 0.6 is 11.8 Å². The maximum absolute atomic E-state index is 12.9. The third-order valence-electron chi connectivity index (χ3n) is 2.45. The monoisotopic (exact) mass is 240 g/mol. The van der Waals surface area contributed by atoms with Crippen LogP contribution in [0.5, 0.6) is 0 Å². The summed E-state index contributed by atoms with van der Waals surface area (Å²) in [5.74, 6) is 0.547. The quantitative estimate of drug-likeness (QED) is 0.701. The fourth-order valence-electron chi connectivity index (χ4n) is 1.45. The number of rotatable bonds is 6. The summed E-state index contributed by atoms with van der Waals surface area (Å²) >= 11 is 1.41. The van der Waals surface area contributed by atoms with E-state index in [9.17, 15) is 9.18 Å². The lowest BCUT2D eigenvalue weighted by atomic mass is 10.0. The second kappa shape index (κ2) is 6.69. The van der Waals surface area contributed by atoms with Gasteiger partial charge < -0.3 is 0 Å². The summed E-state index contributed by atoms with van der Waals surface area (Å²) in [6, 6.07) is 6.36. The lowest BCUT2D eigenvalue weighted by Gasteiger charge is -2.08. The van der Waals surface area contributed by atoms with E-state index in [1.54, 1.807) is 6.07 Å². The van der Waals surface area contributed by atoms with Crippen LogP contribution in [0.3, 0.4) is 0 Å². The Labute approximate surface area is 100 Å². The summed E-state index contributed by atoms with van der Waals surface area (Å²) in [4.78, 5) is 12.5. The van der Waals surface area contributed by atoms with Gasteiger partial charge in [-0.3, -0.25) is 4.79 Å². The highest BCUT2D eigenvalue weighted by atomic mass is 32.2. The van der Waals surface area contributed by atoms with Crippen LogP contribution in [0.25, 0.3) is 0 Å². The molecule has 16 heavy (non-hydrogen) atoms. The highest BCUT2D eigenvalue weighted by Gasteiger charge is 2.11. The predicted octanol–water partition coefficient (Wildman–Crippen LogP) is 3.92. The smallest absolute Gasteiger partial charge is 0.145 e. The van der Waals surface area contributed by atoms with Crippen molar-refractivity contribution < 1.29 is 9.18 Å². The maximum Gasteiger partial charge on any atom is 0.145 e. The lowest BCUT2D eigenvalue weighted by Crippen LogP contribution is -2.12. The summed E-state index contributed by atoms with van der Waals surface area (Å²) in [7, 11) is 0. The molecule has 1 nitrogen and oxygen atoms in total. The third kappa shape index (κ3) is 4.35. The van der Waals surface area contributed by atoms with Crippen molar-refractivity contribution in [2.75, 3.05) is 5.75 Å². The van der Waals surface area contributed by atoms with E-state index in [2.05, 4.69) is 6.92 Å². The number of carbonyl (C=O) groups excluding carboxylic acids is 1. The van der Waals surface area contributed by atoms with Gasteiger partial charge in [0, 0.05) is 10.8 Å². The number of halogens is 1. The third-order valence-corrected chi connectivity index (χ3v) is 3.46. The molecule has 1 atom stereocenters. The Morgan fingerprint density at radius 1 is 1.50 bits per heavy atom. The van der Waals surface area contributed by atoms with E-state index in [0.717, 1.165) is 17.7 Å². The average molecular weight is 240 g/mol. The minimum atomic E-state index is -0.251. The molecular weight excluding hydrogens is 223 g/mol. The van der Waals surface area contributed by atoms with Gasteiger partial charge in [-0.1, -0.05) is 26.3 Å². The zero-order valence-corrected chi connectivity index (χ0v) is 10.5. The van der Waals surface area contributed by atoms with E-state index in [0.29, 0.717) is 5.75 Å². The summed E-state index contributed by atoms with van der Waals surface area (Å²) in [6.07, 6.45) is 1.96. The minimum Gasteiger partial charge on any atom is -0.298 e. The fraction of sp³-hybridized carbons (Fsp3) is 0.462. The first-order chi connectivity index (χ1) is 7.63. The SMILES string of the molecule is CCCC(C)C(=O)CSc1cccc(F)c1. The number of benzene rings is 1. The summed E-state index contributed by atoms with van der Waals surface area (Å²) < 4.78 is 12.9. The van der Waals surface area contributed by atoms with Crippen LogP contribution in [-0.2, 0) is 4.79 Å². The van der Waals surface area contributed by atoms with Gasteiger partial charge in [0.05, 0.1) is 5.75 Å². The number of thioether (sulfide) groups is 1. The van der Waals surface area contributed by atoms with Crippen LogP contribution in [0.2, 0.25) is 0 Å². The van der Waals surface area contributed by atoms with Gasteiger partial charge in [-0.05, 0) is 24.6 Å². The normalized spacial score (nSPS) is 12.4. The van der Waals surface area contributed by atoms with Crippen molar-refractivity contribution in [1.29, 1.82) is 0 Å². The zero-order valence-electron chi connectivity index (χ0n) is 9.70. The van der Waals surface area contributed by atoms with E-state index in [1.165, 1.54) is 23.9 Å². The largest absolute Gasteiger partial charge is 0.298 e. The van der Waals surface area contributed by atoms with Crippen LogP contribution in [-0.4, -0.2) is 11.5 Å². The van der Waals surface area contributed by atoms with Crippen molar-refractivity contribution in [3.63, 3.8) is 0 Å². The molecule has 0 heterocycles. The fourth-order valence-corrected chi connectivity index (χ4v) is 2.41. The van der Waals surface area contributed by atoms with Crippen LogP contribution in [0, 0.1) is 11.7 Å². The van der Waals surface area contributed by atoms with E-state index in [-0.39, 0.29) is 17.5 Å². The molecule has 3 heteroatoms. The molecule has 0 spiro atoms. The van der Waals surface area contributed by atoms with Gasteiger partial charge in [0.1, 0.15) is 11.6 Å². The Morgan fingerprint density at radius 2 is 2.25 bits per heavy atom. The molecule has 0 aromatic heterocycles. The number of carbonyl (C=O) groups is 1. The van der Waals surface area contributed by atoms with Crippen molar-refractivity contribution >= 4 is 17.5 Å². The van der Waals surface area contributed by atoms with Gasteiger partial charge in [0.15, 0.2) is 0 Å². The molecule has 0 saturated carbocycles. The second-order valence-corrected chi connectivity index (χ2v) is 4.95. The number of ketones is 1. The molecule has 1 unspecified atom stereocenters. The van der Waals surface area contributed by atoms with Gasteiger partial charge in [0.2, 0.25) is 0 Å². The highest BCUT2D eigenvalue weighted by Crippen LogP contribution is 2.20. The highest BCUT2D eigenvalue weighted by molar-refractivity contribution is 8.00. The van der Waals surface area contributed by atoms with Crippen molar-refractivity contribution in [2.45, 2.75) is 31.6 Å². The molecule has 88 valence electrons. The molecule has 1 aromatic rings. The summed E-state index contributed by atoms with van der Waals surface area (Å²) in [5, 5.41) is 0. The van der Waals surface area contributed by atoms with Gasteiger partial charge in [0.25, 0.3) is 0 Å². The molecular formula is C13H17FOS. The molecule has 0 fully saturated rings. The molecule has 0 saturated heterocycles. The maximum atomic E-state index is 12.9. The molecule has 0 bridgehead atoms. The van der Waals surface area contributed by atoms with Crippen LogP contribution in [0.4, 0.5) is 4.39 Å². The summed E-state index contributed by atoms with van der Waals surface area (Å²) in [5.41, 5.74) is 0. The van der Waals surface area contributed by atoms with Crippen LogP contribution in [0.1, 0.15) is 26.7 Å². The van der Waals surface area contributed by atoms with E-state index in [1.807, 2.05) is 13.0 Å². The molecule has 0 aliphatic carbocycles. The molecule has 1 rings (SSSR count).